The molecule has 1 aliphatic heterocycles. The van der Waals surface area contributed by atoms with Crippen LogP contribution in [0.5, 0.6) is 0 Å². The van der Waals surface area contributed by atoms with Gasteiger partial charge in [-0.3, -0.25) is 0 Å². The number of aryl methyl sites for hydroxylation is 1. The van der Waals surface area contributed by atoms with Crippen molar-refractivity contribution in [3.05, 3.63) is 41.6 Å². The van der Waals surface area contributed by atoms with Crippen LogP contribution < -0.4 is 16.5 Å². The van der Waals surface area contributed by atoms with Gasteiger partial charge in [0.1, 0.15) is 5.44 Å². The molecule has 118 valence electrons. The van der Waals surface area contributed by atoms with Crippen molar-refractivity contribution in [2.24, 2.45) is 0 Å². The highest BCUT2D eigenvalue weighted by Crippen LogP contribution is 2.55. The number of fused-ring (bicyclic) bond motifs is 2. The highest BCUT2D eigenvalue weighted by molar-refractivity contribution is 7.79. The fourth-order valence-corrected chi connectivity index (χ4v) is 7.07. The predicted octanol–water partition coefficient (Wildman–Crippen LogP) is 3.45. The Morgan fingerprint density at radius 1 is 1.27 bits per heavy atom. The summed E-state index contributed by atoms with van der Waals surface area (Å²) >= 11 is 0. The summed E-state index contributed by atoms with van der Waals surface area (Å²) in [6.45, 7) is 10.5. The van der Waals surface area contributed by atoms with Crippen LogP contribution in [-0.2, 0) is 16.5 Å². The summed E-state index contributed by atoms with van der Waals surface area (Å²) in [6.07, 6.45) is 2.96. The minimum absolute atomic E-state index is 0.0328. The number of hydrogen-bond acceptors (Lipinski definition) is 2. The van der Waals surface area contributed by atoms with Gasteiger partial charge in [-0.1, -0.05) is 45.0 Å². The summed E-state index contributed by atoms with van der Waals surface area (Å²) in [5.41, 5.74) is 10.0. The van der Waals surface area contributed by atoms with Crippen molar-refractivity contribution in [1.29, 1.82) is 0 Å². The Labute approximate surface area is 132 Å². The first-order valence-electron chi connectivity index (χ1n) is 7.96. The van der Waals surface area contributed by atoms with E-state index in [1.807, 2.05) is 32.0 Å². The second-order valence-corrected chi connectivity index (χ2v) is 10.2. The molecule has 22 heavy (non-hydrogen) atoms. The van der Waals surface area contributed by atoms with Crippen LogP contribution in [0.25, 0.3) is 0 Å². The largest absolute Gasteiger partial charge is 0.397 e. The van der Waals surface area contributed by atoms with Gasteiger partial charge < -0.3 is 14.9 Å². The van der Waals surface area contributed by atoms with Gasteiger partial charge in [-0.15, -0.1) is 0 Å². The molecule has 0 radical (unpaired) electrons. The Kier molecular flexibility index (Phi) is 3.34. The zero-order valence-electron chi connectivity index (χ0n) is 14.1. The molecule has 2 aromatic rings. The van der Waals surface area contributed by atoms with Crippen molar-refractivity contribution in [1.82, 2.24) is 4.57 Å². The topological polar surface area (TPSA) is 48.0 Å². The van der Waals surface area contributed by atoms with Gasteiger partial charge in [0.05, 0.1) is 11.2 Å². The van der Waals surface area contributed by atoms with E-state index >= 15 is 0 Å². The number of anilines is 1. The molecule has 0 aliphatic carbocycles. The molecule has 0 fully saturated rings. The van der Waals surface area contributed by atoms with E-state index in [9.17, 15) is 4.57 Å². The second kappa shape index (κ2) is 4.76. The number of nitrogens with zero attached hydrogens (tertiary/aromatic N) is 1. The van der Waals surface area contributed by atoms with Gasteiger partial charge in [0.15, 0.2) is 7.14 Å². The highest BCUT2D eigenvalue weighted by Gasteiger charge is 2.47. The van der Waals surface area contributed by atoms with Gasteiger partial charge in [-0.25, -0.2) is 0 Å². The number of benzene rings is 1. The second-order valence-electron chi connectivity index (χ2n) is 6.94. The van der Waals surface area contributed by atoms with Gasteiger partial charge in [0.25, 0.3) is 0 Å². The minimum Gasteiger partial charge on any atom is -0.397 e. The molecule has 2 heterocycles. The Morgan fingerprint density at radius 3 is 2.50 bits per heavy atom. The fraction of sp³-hybridized carbons (Fsp3) is 0.444. The normalized spacial score (nSPS) is 22.5. The van der Waals surface area contributed by atoms with Crippen LogP contribution in [0, 0.1) is 0 Å². The highest BCUT2D eigenvalue weighted by atomic mass is 31.2. The molecule has 1 unspecified atom stereocenters. The van der Waals surface area contributed by atoms with Crippen LogP contribution in [0.15, 0.2) is 30.5 Å². The Balaban J connectivity index is 2.48. The van der Waals surface area contributed by atoms with Crippen molar-refractivity contribution >= 4 is 23.6 Å². The SMILES string of the molecule is CCc1cn2c(c1N)P(=O)(C(C)C)c1ccccc1C2(C)C. The molecule has 0 saturated carbocycles. The Morgan fingerprint density at radius 2 is 1.91 bits per heavy atom. The van der Waals surface area contributed by atoms with Crippen molar-refractivity contribution in [2.45, 2.75) is 52.2 Å². The van der Waals surface area contributed by atoms with Gasteiger partial charge in [-0.05, 0) is 31.4 Å². The van der Waals surface area contributed by atoms with Gasteiger partial charge in [-0.2, -0.15) is 0 Å². The maximum absolute atomic E-state index is 14.1. The molecule has 1 atom stereocenters. The van der Waals surface area contributed by atoms with Crippen LogP contribution in [-0.4, -0.2) is 10.2 Å². The smallest absolute Gasteiger partial charge is 0.163 e. The van der Waals surface area contributed by atoms with E-state index < -0.39 is 7.14 Å². The molecule has 0 spiro atoms. The van der Waals surface area contributed by atoms with E-state index in [-0.39, 0.29) is 11.2 Å². The van der Waals surface area contributed by atoms with Crippen molar-refractivity contribution in [3.8, 4) is 0 Å². The maximum Gasteiger partial charge on any atom is 0.163 e. The molecule has 1 aromatic heterocycles. The van der Waals surface area contributed by atoms with Crippen LogP contribution in [0.3, 0.4) is 0 Å². The predicted molar refractivity (Wildman–Crippen MR) is 95.1 cm³/mol. The van der Waals surface area contributed by atoms with E-state index in [1.165, 1.54) is 0 Å². The van der Waals surface area contributed by atoms with E-state index in [4.69, 9.17) is 5.73 Å². The first kappa shape index (κ1) is 15.4. The molecule has 0 amide bonds. The molecule has 3 nitrogen and oxygen atoms in total. The average molecular weight is 316 g/mol. The lowest BCUT2D eigenvalue weighted by molar-refractivity contribution is 0.442. The Hall–Kier alpha value is -1.47. The molecular formula is C18H25N2OP. The molecule has 2 N–H and O–H groups in total. The molecule has 3 rings (SSSR count). The van der Waals surface area contributed by atoms with Gasteiger partial charge >= 0.3 is 0 Å². The number of nitrogens with two attached hydrogens (primary N) is 1. The number of aromatic nitrogens is 1. The van der Waals surface area contributed by atoms with Crippen molar-refractivity contribution in [2.75, 3.05) is 5.73 Å². The lowest BCUT2D eigenvalue weighted by atomic mass is 9.93. The third-order valence-corrected chi connectivity index (χ3v) is 8.69. The van der Waals surface area contributed by atoms with E-state index in [1.54, 1.807) is 0 Å². The quantitative estimate of drug-likeness (QED) is 0.863. The van der Waals surface area contributed by atoms with E-state index in [2.05, 4.69) is 37.6 Å². The summed E-state index contributed by atoms with van der Waals surface area (Å²) < 4.78 is 16.3. The summed E-state index contributed by atoms with van der Waals surface area (Å²) in [6, 6.07) is 8.15. The lowest BCUT2D eigenvalue weighted by Gasteiger charge is -2.41. The van der Waals surface area contributed by atoms with E-state index in [0.29, 0.717) is 0 Å². The van der Waals surface area contributed by atoms with Crippen molar-refractivity contribution < 1.29 is 4.57 Å². The fourth-order valence-electron chi connectivity index (χ4n) is 3.65. The average Bonchev–Trinajstić information content (AvgIpc) is 2.83. The third-order valence-electron chi connectivity index (χ3n) is 5.05. The monoisotopic (exact) mass is 316 g/mol. The zero-order valence-corrected chi connectivity index (χ0v) is 14.9. The number of rotatable bonds is 2. The number of hydrogen-bond donors (Lipinski definition) is 1. The third kappa shape index (κ3) is 1.72. The molecule has 1 aliphatic rings. The molecule has 4 heteroatoms. The van der Waals surface area contributed by atoms with Crippen LogP contribution in [0.1, 0.15) is 45.7 Å². The van der Waals surface area contributed by atoms with Crippen LogP contribution in [0.4, 0.5) is 5.69 Å². The van der Waals surface area contributed by atoms with Crippen molar-refractivity contribution in [3.63, 3.8) is 0 Å². The Bertz CT molecular complexity index is 786. The van der Waals surface area contributed by atoms with Crippen LogP contribution in [0.2, 0.25) is 0 Å². The summed E-state index contributed by atoms with van der Waals surface area (Å²) in [5, 5.41) is 0.981. The molecule has 1 aromatic carbocycles. The van der Waals surface area contributed by atoms with Gasteiger partial charge in [0.2, 0.25) is 0 Å². The summed E-state index contributed by atoms with van der Waals surface area (Å²) in [5.74, 6) is 0. The summed E-state index contributed by atoms with van der Waals surface area (Å²) in [4.78, 5) is 0. The summed E-state index contributed by atoms with van der Waals surface area (Å²) in [7, 11) is -2.74. The standard InChI is InChI=1S/C18H25N2OP/c1-6-13-11-20-17(16(13)19)22(21,12(2)3)15-10-8-7-9-14(15)18(20,4)5/h7-12H,6,19H2,1-5H3. The maximum atomic E-state index is 14.1. The minimum atomic E-state index is -2.74. The molecule has 0 saturated heterocycles. The van der Waals surface area contributed by atoms with E-state index in [0.717, 1.165) is 34.0 Å². The molecular weight excluding hydrogens is 291 g/mol. The lowest BCUT2D eigenvalue weighted by Crippen LogP contribution is -2.47. The first-order chi connectivity index (χ1) is 10.3. The number of nitrogen functional groups attached to an aromatic ring is 1. The first-order valence-corrected chi connectivity index (χ1v) is 9.74. The van der Waals surface area contributed by atoms with Crippen LogP contribution >= 0.6 is 7.14 Å². The zero-order chi connectivity index (χ0) is 16.3. The van der Waals surface area contributed by atoms with Gasteiger partial charge in [0, 0.05) is 17.2 Å². The molecule has 0 bridgehead atoms.